The molecule has 0 aromatic heterocycles. The first kappa shape index (κ1) is 20.7. The minimum Gasteiger partial charge on any atom is -0.496 e. The molecular weight excluding hydrogens is 442 g/mol. The highest BCUT2D eigenvalue weighted by Crippen LogP contribution is 2.32. The molecule has 0 saturated heterocycles. The van der Waals surface area contributed by atoms with Crippen LogP contribution in [0, 0.1) is 0 Å². The molecule has 1 aliphatic heterocycles. The fraction of sp³-hybridized carbons (Fsp3) is 0.238. The van der Waals surface area contributed by atoms with Gasteiger partial charge in [0.25, 0.3) is 5.91 Å². The number of methoxy groups -OCH3 is 1. The smallest absolute Gasteiger partial charge is 0.331 e. The van der Waals surface area contributed by atoms with E-state index >= 15 is 0 Å². The predicted octanol–water partition coefficient (Wildman–Crippen LogP) is 3.81. The van der Waals surface area contributed by atoms with Gasteiger partial charge in [-0.1, -0.05) is 15.9 Å². The third-order valence-corrected chi connectivity index (χ3v) is 4.46. The van der Waals surface area contributed by atoms with E-state index in [2.05, 4.69) is 21.2 Å². The van der Waals surface area contributed by atoms with E-state index in [1.807, 2.05) is 6.07 Å². The van der Waals surface area contributed by atoms with Gasteiger partial charge in [0.1, 0.15) is 5.75 Å². The second-order valence-electron chi connectivity index (χ2n) is 6.09. The van der Waals surface area contributed by atoms with Crippen LogP contribution in [0.3, 0.4) is 0 Å². The molecule has 1 aliphatic rings. The van der Waals surface area contributed by atoms with Crippen molar-refractivity contribution in [3.63, 3.8) is 0 Å². The number of esters is 1. The van der Waals surface area contributed by atoms with E-state index in [4.69, 9.17) is 18.9 Å². The van der Waals surface area contributed by atoms with Gasteiger partial charge in [0.05, 0.1) is 20.3 Å². The van der Waals surface area contributed by atoms with Crippen LogP contribution in [0.1, 0.15) is 12.0 Å². The van der Waals surface area contributed by atoms with Crippen molar-refractivity contribution in [2.24, 2.45) is 0 Å². The zero-order chi connectivity index (χ0) is 20.6. The number of amides is 1. The van der Waals surface area contributed by atoms with Gasteiger partial charge in [0.15, 0.2) is 18.1 Å². The number of rotatable bonds is 6. The number of halogens is 1. The maximum atomic E-state index is 12.1. The Morgan fingerprint density at radius 1 is 1.14 bits per heavy atom. The Morgan fingerprint density at radius 3 is 2.72 bits per heavy atom. The molecule has 0 spiro atoms. The molecule has 7 nitrogen and oxygen atoms in total. The molecule has 0 saturated carbocycles. The van der Waals surface area contributed by atoms with Gasteiger partial charge in [-0.15, -0.1) is 0 Å². The molecule has 2 aromatic carbocycles. The van der Waals surface area contributed by atoms with Crippen LogP contribution in [-0.2, 0) is 14.3 Å². The number of fused-ring (bicyclic) bond motifs is 1. The Balaban J connectivity index is 1.52. The molecule has 0 aliphatic carbocycles. The van der Waals surface area contributed by atoms with Crippen LogP contribution >= 0.6 is 15.9 Å². The molecule has 1 N–H and O–H groups in total. The summed E-state index contributed by atoms with van der Waals surface area (Å²) >= 11 is 3.37. The van der Waals surface area contributed by atoms with Crippen LogP contribution in [0.2, 0.25) is 0 Å². The Morgan fingerprint density at radius 2 is 1.93 bits per heavy atom. The lowest BCUT2D eigenvalue weighted by atomic mass is 10.2. The van der Waals surface area contributed by atoms with E-state index in [9.17, 15) is 9.59 Å². The summed E-state index contributed by atoms with van der Waals surface area (Å²) in [6.07, 6.45) is 3.60. The number of hydrogen-bond donors (Lipinski definition) is 1. The number of carbonyl (C=O) groups excluding carboxylic acids is 2. The normalized spacial score (nSPS) is 12.9. The molecule has 3 rings (SSSR count). The zero-order valence-electron chi connectivity index (χ0n) is 15.8. The van der Waals surface area contributed by atoms with E-state index in [-0.39, 0.29) is 0 Å². The molecule has 1 amide bonds. The Labute approximate surface area is 176 Å². The number of anilines is 1. The van der Waals surface area contributed by atoms with E-state index in [0.29, 0.717) is 41.7 Å². The second kappa shape index (κ2) is 9.97. The molecule has 2 aromatic rings. The van der Waals surface area contributed by atoms with Crippen molar-refractivity contribution in [2.75, 3.05) is 32.2 Å². The first-order valence-corrected chi connectivity index (χ1v) is 9.72. The average Bonchev–Trinajstić information content (AvgIpc) is 2.96. The molecule has 1 heterocycles. The highest BCUT2D eigenvalue weighted by atomic mass is 79.9. The van der Waals surface area contributed by atoms with Crippen LogP contribution in [0.25, 0.3) is 6.08 Å². The number of ether oxygens (including phenoxy) is 4. The van der Waals surface area contributed by atoms with E-state index in [1.54, 1.807) is 43.5 Å². The molecule has 0 atom stereocenters. The van der Waals surface area contributed by atoms with Crippen molar-refractivity contribution in [1.82, 2.24) is 0 Å². The molecule has 8 heteroatoms. The molecule has 152 valence electrons. The maximum absolute atomic E-state index is 12.1. The van der Waals surface area contributed by atoms with Crippen LogP contribution in [0.4, 0.5) is 5.69 Å². The summed E-state index contributed by atoms with van der Waals surface area (Å²) in [7, 11) is 1.54. The van der Waals surface area contributed by atoms with Crippen molar-refractivity contribution in [3.8, 4) is 17.2 Å². The van der Waals surface area contributed by atoms with E-state index in [0.717, 1.165) is 10.9 Å². The van der Waals surface area contributed by atoms with Gasteiger partial charge < -0.3 is 24.3 Å². The number of benzene rings is 2. The minimum absolute atomic E-state index is 0.409. The van der Waals surface area contributed by atoms with Crippen molar-refractivity contribution in [3.05, 3.63) is 52.5 Å². The van der Waals surface area contributed by atoms with Crippen LogP contribution in [0.15, 0.2) is 46.9 Å². The second-order valence-corrected chi connectivity index (χ2v) is 7.00. The van der Waals surface area contributed by atoms with Gasteiger partial charge in [-0.05, 0) is 36.4 Å². The van der Waals surface area contributed by atoms with Gasteiger partial charge in [-0.25, -0.2) is 4.79 Å². The summed E-state index contributed by atoms with van der Waals surface area (Å²) in [6.45, 7) is 0.734. The van der Waals surface area contributed by atoms with Gasteiger partial charge in [0.2, 0.25) is 0 Å². The molecule has 29 heavy (non-hydrogen) atoms. The monoisotopic (exact) mass is 461 g/mol. The summed E-state index contributed by atoms with van der Waals surface area (Å²) < 4.78 is 22.2. The Kier molecular flexibility index (Phi) is 7.13. The third kappa shape index (κ3) is 5.99. The summed E-state index contributed by atoms with van der Waals surface area (Å²) in [6, 6.07) is 10.5. The maximum Gasteiger partial charge on any atom is 0.331 e. The largest absolute Gasteiger partial charge is 0.496 e. The van der Waals surface area contributed by atoms with Gasteiger partial charge in [-0.3, -0.25) is 4.79 Å². The average molecular weight is 462 g/mol. The van der Waals surface area contributed by atoms with Crippen molar-refractivity contribution < 1.29 is 28.5 Å². The molecule has 0 fully saturated rings. The quantitative estimate of drug-likeness (QED) is 0.520. The number of hydrogen-bond acceptors (Lipinski definition) is 6. The van der Waals surface area contributed by atoms with Crippen LogP contribution in [0.5, 0.6) is 17.2 Å². The minimum atomic E-state index is -0.638. The van der Waals surface area contributed by atoms with E-state index in [1.165, 1.54) is 6.08 Å². The van der Waals surface area contributed by atoms with Crippen LogP contribution in [-0.4, -0.2) is 38.8 Å². The summed E-state index contributed by atoms with van der Waals surface area (Å²) in [5.41, 5.74) is 1.24. The number of carbonyl (C=O) groups is 2. The highest BCUT2D eigenvalue weighted by Gasteiger charge is 2.12. The Bertz CT molecular complexity index is 927. The fourth-order valence-corrected chi connectivity index (χ4v) is 2.99. The first-order chi connectivity index (χ1) is 14.0. The molecule has 0 unspecified atom stereocenters. The highest BCUT2D eigenvalue weighted by molar-refractivity contribution is 9.10. The van der Waals surface area contributed by atoms with Gasteiger partial charge in [-0.2, -0.15) is 0 Å². The van der Waals surface area contributed by atoms with Crippen molar-refractivity contribution in [1.29, 1.82) is 0 Å². The van der Waals surface area contributed by atoms with E-state index < -0.39 is 18.5 Å². The van der Waals surface area contributed by atoms with Crippen LogP contribution < -0.4 is 19.5 Å². The standard InChI is InChI=1S/C21H20BrNO6/c1-26-17-6-4-15(22)11-14(17)3-8-21(25)29-13-20(24)23-16-5-7-18-19(12-16)28-10-2-9-27-18/h3-8,11-12H,2,9-10,13H2,1H3,(H,23,24)/b8-3+. The lowest BCUT2D eigenvalue weighted by molar-refractivity contribution is -0.142. The van der Waals surface area contributed by atoms with Gasteiger partial charge >= 0.3 is 5.97 Å². The van der Waals surface area contributed by atoms with Gasteiger partial charge in [0, 0.05) is 34.3 Å². The summed E-state index contributed by atoms with van der Waals surface area (Å²) in [5, 5.41) is 2.67. The number of nitrogens with one attached hydrogen (secondary N) is 1. The summed E-state index contributed by atoms with van der Waals surface area (Å²) in [5.74, 6) is 0.731. The molecule has 0 bridgehead atoms. The topological polar surface area (TPSA) is 83.1 Å². The van der Waals surface area contributed by atoms with Crippen molar-refractivity contribution >= 4 is 39.6 Å². The predicted molar refractivity (Wildman–Crippen MR) is 111 cm³/mol. The first-order valence-electron chi connectivity index (χ1n) is 8.93. The summed E-state index contributed by atoms with van der Waals surface area (Å²) in [4.78, 5) is 24.0. The molecule has 0 radical (unpaired) electrons. The Hall–Kier alpha value is -3.00. The zero-order valence-corrected chi connectivity index (χ0v) is 17.4. The lowest BCUT2D eigenvalue weighted by Crippen LogP contribution is -2.20. The fourth-order valence-electron chi connectivity index (χ4n) is 2.62. The SMILES string of the molecule is COc1ccc(Br)cc1/C=C/C(=O)OCC(=O)Nc1ccc2c(c1)OCCCO2. The lowest BCUT2D eigenvalue weighted by Gasteiger charge is -2.10. The third-order valence-electron chi connectivity index (χ3n) is 3.97. The van der Waals surface area contributed by atoms with Crippen molar-refractivity contribution in [2.45, 2.75) is 6.42 Å². The molecular formula is C21H20BrNO6.